The molecule has 0 saturated carbocycles. The Morgan fingerprint density at radius 3 is 2.18 bits per heavy atom. The van der Waals surface area contributed by atoms with Crippen LogP contribution in [0.25, 0.3) is 0 Å². The summed E-state index contributed by atoms with van der Waals surface area (Å²) in [5.74, 6) is -0.0629. The van der Waals surface area contributed by atoms with E-state index in [0.717, 1.165) is 6.42 Å². The van der Waals surface area contributed by atoms with E-state index in [4.69, 9.17) is 0 Å². The van der Waals surface area contributed by atoms with E-state index < -0.39 is 0 Å². The largest absolute Gasteiger partial charge is 0.347 e. The fraction of sp³-hybridized carbons (Fsp3) is 0.833. The molecule has 0 saturated heterocycles. The van der Waals surface area contributed by atoms with Crippen LogP contribution in [0.1, 0.15) is 27.2 Å². The number of rotatable bonds is 7. The molecule has 0 radical (unpaired) electrons. The van der Waals surface area contributed by atoms with E-state index in [1.807, 2.05) is 20.8 Å². The Balaban J connectivity index is 4.30. The Hall–Kier alpha value is -1.10. The molecule has 0 rings (SSSR count). The highest BCUT2D eigenvalue weighted by Crippen LogP contribution is 1.95. The van der Waals surface area contributed by atoms with Gasteiger partial charge in [0.05, 0.1) is 13.1 Å². The molecule has 0 aromatic rings. The van der Waals surface area contributed by atoms with Crippen LogP contribution in [0, 0.1) is 0 Å². The van der Waals surface area contributed by atoms with Crippen molar-refractivity contribution in [2.24, 2.45) is 0 Å². The fourth-order valence-electron chi connectivity index (χ4n) is 1.27. The second kappa shape index (κ2) is 8.06. The van der Waals surface area contributed by atoms with Gasteiger partial charge in [-0.05, 0) is 6.42 Å². The number of nitrogens with one attached hydrogen (secondary N) is 1. The maximum absolute atomic E-state index is 11.9. The Morgan fingerprint density at radius 2 is 1.76 bits per heavy atom. The maximum Gasteiger partial charge on any atom is 0.241 e. The molecular weight excluding hydrogens is 218 g/mol. The van der Waals surface area contributed by atoms with Crippen molar-refractivity contribution in [2.75, 3.05) is 33.7 Å². The Kier molecular flexibility index (Phi) is 7.54. The van der Waals surface area contributed by atoms with E-state index in [1.54, 1.807) is 19.0 Å². The maximum atomic E-state index is 11.9. The van der Waals surface area contributed by atoms with Gasteiger partial charge in [-0.1, -0.05) is 20.8 Å². The van der Waals surface area contributed by atoms with Crippen LogP contribution < -0.4 is 5.32 Å². The third kappa shape index (κ3) is 6.94. The molecule has 5 heteroatoms. The molecule has 0 aliphatic carbocycles. The first-order chi connectivity index (χ1) is 7.88. The lowest BCUT2D eigenvalue weighted by Gasteiger charge is -2.24. The van der Waals surface area contributed by atoms with E-state index in [1.165, 1.54) is 4.90 Å². The molecule has 0 spiro atoms. The quantitative estimate of drug-likeness (QED) is 0.700. The monoisotopic (exact) mass is 243 g/mol. The van der Waals surface area contributed by atoms with Gasteiger partial charge >= 0.3 is 0 Å². The molecule has 0 unspecified atom stereocenters. The van der Waals surface area contributed by atoms with Crippen LogP contribution in [-0.4, -0.2) is 61.4 Å². The minimum atomic E-state index is -0.0450. The van der Waals surface area contributed by atoms with E-state index in [-0.39, 0.29) is 24.4 Å². The van der Waals surface area contributed by atoms with Crippen molar-refractivity contribution < 1.29 is 9.59 Å². The molecule has 0 fully saturated rings. The normalized spacial score (nSPS) is 10.5. The van der Waals surface area contributed by atoms with Crippen molar-refractivity contribution in [3.63, 3.8) is 0 Å². The predicted molar refractivity (Wildman–Crippen MR) is 68.7 cm³/mol. The molecule has 17 heavy (non-hydrogen) atoms. The summed E-state index contributed by atoms with van der Waals surface area (Å²) in [6.07, 6.45) is 0.855. The van der Waals surface area contributed by atoms with Gasteiger partial charge in [0, 0.05) is 26.7 Å². The van der Waals surface area contributed by atoms with Gasteiger partial charge in [-0.15, -0.1) is 0 Å². The number of amides is 2. The summed E-state index contributed by atoms with van der Waals surface area (Å²) in [5.41, 5.74) is 0. The molecule has 5 nitrogen and oxygen atoms in total. The number of nitrogens with zero attached hydrogens (tertiary/aromatic N) is 2. The number of carbonyl (C=O) groups is 2. The van der Waals surface area contributed by atoms with Crippen LogP contribution in [-0.2, 0) is 9.59 Å². The van der Waals surface area contributed by atoms with Crippen LogP contribution in [0.15, 0.2) is 0 Å². The van der Waals surface area contributed by atoms with Gasteiger partial charge in [-0.3, -0.25) is 9.59 Å². The topological polar surface area (TPSA) is 52.7 Å². The highest BCUT2D eigenvalue weighted by molar-refractivity contribution is 5.85. The lowest BCUT2D eigenvalue weighted by atomic mass is 10.3. The van der Waals surface area contributed by atoms with Crippen LogP contribution in [0.3, 0.4) is 0 Å². The van der Waals surface area contributed by atoms with Crippen molar-refractivity contribution in [1.82, 2.24) is 15.1 Å². The van der Waals surface area contributed by atoms with Crippen molar-refractivity contribution in [3.05, 3.63) is 0 Å². The first-order valence-electron chi connectivity index (χ1n) is 6.09. The first kappa shape index (κ1) is 15.9. The molecule has 2 amide bonds. The highest BCUT2D eigenvalue weighted by atomic mass is 16.2. The van der Waals surface area contributed by atoms with E-state index in [2.05, 4.69) is 5.32 Å². The summed E-state index contributed by atoms with van der Waals surface area (Å²) >= 11 is 0. The standard InChI is InChI=1S/C12H25N3O2/c1-6-7-15(9-12(17)14(4)5)11(16)8-13-10(2)3/h10,13H,6-9H2,1-5H3. The summed E-state index contributed by atoms with van der Waals surface area (Å²) in [5, 5.41) is 3.07. The van der Waals surface area contributed by atoms with Crippen LogP contribution in [0.5, 0.6) is 0 Å². The molecule has 0 heterocycles. The molecule has 0 aliphatic heterocycles. The molecule has 0 aromatic heterocycles. The third-order valence-electron chi connectivity index (χ3n) is 2.33. The molecule has 0 bridgehead atoms. The minimum absolute atomic E-state index is 0.0178. The Morgan fingerprint density at radius 1 is 1.18 bits per heavy atom. The highest BCUT2D eigenvalue weighted by Gasteiger charge is 2.17. The van der Waals surface area contributed by atoms with Gasteiger partial charge < -0.3 is 15.1 Å². The molecular formula is C12H25N3O2. The van der Waals surface area contributed by atoms with Crippen molar-refractivity contribution in [3.8, 4) is 0 Å². The SMILES string of the molecule is CCCN(CC(=O)N(C)C)C(=O)CNC(C)C. The third-order valence-corrected chi connectivity index (χ3v) is 2.33. The minimum Gasteiger partial charge on any atom is -0.347 e. The van der Waals surface area contributed by atoms with Gasteiger partial charge in [0.25, 0.3) is 0 Å². The van der Waals surface area contributed by atoms with Gasteiger partial charge in [0.1, 0.15) is 0 Å². The fourth-order valence-corrected chi connectivity index (χ4v) is 1.27. The average Bonchev–Trinajstić information content (AvgIpc) is 2.24. The summed E-state index contributed by atoms with van der Waals surface area (Å²) in [6, 6.07) is 0.270. The second-order valence-corrected chi connectivity index (χ2v) is 4.64. The smallest absolute Gasteiger partial charge is 0.241 e. The number of hydrogen-bond acceptors (Lipinski definition) is 3. The molecule has 0 atom stereocenters. The van der Waals surface area contributed by atoms with Crippen molar-refractivity contribution >= 4 is 11.8 Å². The van der Waals surface area contributed by atoms with Gasteiger partial charge in [0.15, 0.2) is 0 Å². The van der Waals surface area contributed by atoms with E-state index in [0.29, 0.717) is 13.1 Å². The zero-order valence-corrected chi connectivity index (χ0v) is 11.6. The molecule has 0 aliphatic rings. The summed E-state index contributed by atoms with van der Waals surface area (Å²) < 4.78 is 0. The van der Waals surface area contributed by atoms with Gasteiger partial charge in [-0.25, -0.2) is 0 Å². The lowest BCUT2D eigenvalue weighted by molar-refractivity contribution is -0.138. The zero-order chi connectivity index (χ0) is 13.4. The predicted octanol–water partition coefficient (Wildman–Crippen LogP) is 0.311. The van der Waals surface area contributed by atoms with Gasteiger partial charge in [0.2, 0.25) is 11.8 Å². The summed E-state index contributed by atoms with van der Waals surface area (Å²) in [6.45, 7) is 7.05. The lowest BCUT2D eigenvalue weighted by Crippen LogP contribution is -2.45. The summed E-state index contributed by atoms with van der Waals surface area (Å²) in [4.78, 5) is 26.6. The van der Waals surface area contributed by atoms with Crippen LogP contribution >= 0.6 is 0 Å². The second-order valence-electron chi connectivity index (χ2n) is 4.64. The van der Waals surface area contributed by atoms with Crippen molar-refractivity contribution in [1.29, 1.82) is 0 Å². The summed E-state index contributed by atoms with van der Waals surface area (Å²) in [7, 11) is 3.40. The van der Waals surface area contributed by atoms with E-state index in [9.17, 15) is 9.59 Å². The zero-order valence-electron chi connectivity index (χ0n) is 11.6. The number of carbonyl (C=O) groups excluding carboxylic acids is 2. The molecule has 1 N–H and O–H groups in total. The molecule has 100 valence electrons. The molecule has 0 aromatic carbocycles. The first-order valence-corrected chi connectivity index (χ1v) is 6.09. The average molecular weight is 243 g/mol. The van der Waals surface area contributed by atoms with Crippen LogP contribution in [0.2, 0.25) is 0 Å². The number of hydrogen-bond donors (Lipinski definition) is 1. The number of likely N-dealkylation sites (N-methyl/N-ethyl adjacent to an activating group) is 1. The van der Waals surface area contributed by atoms with Crippen molar-refractivity contribution in [2.45, 2.75) is 33.2 Å². The van der Waals surface area contributed by atoms with E-state index >= 15 is 0 Å². The Bertz CT molecular complexity index is 252. The van der Waals surface area contributed by atoms with Gasteiger partial charge in [-0.2, -0.15) is 0 Å². The van der Waals surface area contributed by atoms with Crippen LogP contribution in [0.4, 0.5) is 0 Å². The Labute approximate surface area is 104 Å².